The maximum absolute atomic E-state index is 13.5. The summed E-state index contributed by atoms with van der Waals surface area (Å²) in [6.07, 6.45) is 0.998. The van der Waals surface area contributed by atoms with Crippen LogP contribution in [0.25, 0.3) is 11.0 Å². The Balaban J connectivity index is 1.76. The summed E-state index contributed by atoms with van der Waals surface area (Å²) in [5, 5.41) is 2.12. The molecule has 0 fully saturated rings. The smallest absolute Gasteiger partial charge is 0.303 e. The van der Waals surface area contributed by atoms with Crippen molar-refractivity contribution >= 4 is 34.6 Å². The molecule has 1 unspecified atom stereocenters. The van der Waals surface area contributed by atoms with E-state index in [1.807, 2.05) is 16.7 Å². The topological polar surface area (TPSA) is 13.1 Å². The molecule has 0 aliphatic carbocycles. The number of halogens is 2. The molecule has 1 aliphatic heterocycles. The summed E-state index contributed by atoms with van der Waals surface area (Å²) in [6, 6.07) is 9.61. The number of aromatic nitrogens is 2. The average Bonchev–Trinajstić information content (AvgIpc) is 3.14. The normalized spacial score (nSPS) is 18.4. The monoisotopic (exact) mass is 365 g/mol. The minimum atomic E-state index is -2.63. The van der Waals surface area contributed by atoms with Gasteiger partial charge in [-0.2, -0.15) is 8.78 Å². The Hall–Kier alpha value is -1.57. The van der Waals surface area contributed by atoms with Crippen LogP contribution in [-0.2, 0) is 13.1 Å². The Morgan fingerprint density at radius 1 is 1.25 bits per heavy atom. The molecule has 0 bridgehead atoms. The van der Waals surface area contributed by atoms with Gasteiger partial charge in [-0.3, -0.25) is 9.47 Å². The lowest BCUT2D eigenvalue weighted by atomic mass is 10.0. The van der Waals surface area contributed by atoms with E-state index in [2.05, 4.69) is 23.3 Å². The van der Waals surface area contributed by atoms with E-state index < -0.39 is 6.55 Å². The van der Waals surface area contributed by atoms with Crippen LogP contribution >= 0.6 is 23.6 Å². The first-order valence-electron chi connectivity index (χ1n) is 7.86. The molecule has 4 rings (SSSR count). The van der Waals surface area contributed by atoms with Crippen LogP contribution in [-0.4, -0.2) is 20.6 Å². The van der Waals surface area contributed by atoms with Gasteiger partial charge in [-0.1, -0.05) is 12.1 Å². The second-order valence-corrected chi connectivity index (χ2v) is 7.39. The minimum absolute atomic E-state index is 0.175. The predicted molar refractivity (Wildman–Crippen MR) is 95.2 cm³/mol. The van der Waals surface area contributed by atoms with E-state index in [1.165, 1.54) is 10.4 Å². The SMILES string of the molecule is CC1c2ccsc2CCN1Cn1c(=S)n(C(F)F)c2ccccc21. The van der Waals surface area contributed by atoms with Crippen molar-refractivity contribution in [3.05, 3.63) is 50.9 Å². The molecule has 0 spiro atoms. The largest absolute Gasteiger partial charge is 0.321 e. The van der Waals surface area contributed by atoms with E-state index in [4.69, 9.17) is 12.2 Å². The lowest BCUT2D eigenvalue weighted by Crippen LogP contribution is -2.34. The highest BCUT2D eigenvalue weighted by molar-refractivity contribution is 7.71. The zero-order chi connectivity index (χ0) is 16.8. The number of rotatable bonds is 3. The molecule has 0 saturated heterocycles. The lowest BCUT2D eigenvalue weighted by Gasteiger charge is -2.33. The number of fused-ring (bicyclic) bond motifs is 2. The van der Waals surface area contributed by atoms with Crippen LogP contribution in [0.3, 0.4) is 0 Å². The third-order valence-electron chi connectivity index (χ3n) is 4.79. The molecule has 7 heteroatoms. The molecular formula is C17H17F2N3S2. The maximum atomic E-state index is 13.5. The maximum Gasteiger partial charge on any atom is 0.321 e. The fraction of sp³-hybridized carbons (Fsp3) is 0.353. The molecule has 126 valence electrons. The van der Waals surface area contributed by atoms with E-state index in [-0.39, 0.29) is 10.8 Å². The van der Waals surface area contributed by atoms with Gasteiger partial charge in [0.25, 0.3) is 0 Å². The third kappa shape index (κ3) is 2.42. The van der Waals surface area contributed by atoms with Crippen LogP contribution in [0.5, 0.6) is 0 Å². The molecule has 1 aliphatic rings. The summed E-state index contributed by atoms with van der Waals surface area (Å²) in [5.41, 5.74) is 2.58. The quantitative estimate of drug-likeness (QED) is 0.591. The van der Waals surface area contributed by atoms with Gasteiger partial charge in [0.2, 0.25) is 0 Å². The molecule has 3 nitrogen and oxygen atoms in total. The highest BCUT2D eigenvalue weighted by atomic mass is 32.1. The standard InChI is InChI=1S/C17H17F2N3S2/c1-11-12-7-9-24-15(12)6-8-20(11)10-21-13-4-2-3-5-14(13)22(16(18)19)17(21)23/h2-5,7,9,11,16H,6,8,10H2,1H3. The van der Waals surface area contributed by atoms with Gasteiger partial charge in [-0.15, -0.1) is 11.3 Å². The molecule has 24 heavy (non-hydrogen) atoms. The fourth-order valence-corrected chi connectivity index (χ4v) is 4.79. The van der Waals surface area contributed by atoms with Crippen molar-refractivity contribution in [3.63, 3.8) is 0 Å². The summed E-state index contributed by atoms with van der Waals surface area (Å²) >= 11 is 7.15. The van der Waals surface area contributed by atoms with Gasteiger partial charge in [-0.25, -0.2) is 0 Å². The summed E-state index contributed by atoms with van der Waals surface area (Å²) in [6.45, 7) is 0.965. The molecule has 3 heterocycles. The van der Waals surface area contributed by atoms with Crippen molar-refractivity contribution in [1.82, 2.24) is 14.0 Å². The third-order valence-corrected chi connectivity index (χ3v) is 6.20. The van der Waals surface area contributed by atoms with E-state index in [0.717, 1.165) is 23.0 Å². The summed E-state index contributed by atoms with van der Waals surface area (Å²) in [7, 11) is 0. The first-order valence-corrected chi connectivity index (χ1v) is 9.15. The fourth-order valence-electron chi connectivity index (χ4n) is 3.49. The second-order valence-electron chi connectivity index (χ2n) is 6.03. The van der Waals surface area contributed by atoms with E-state index in [1.54, 1.807) is 23.5 Å². The molecule has 1 aromatic carbocycles. The van der Waals surface area contributed by atoms with Crippen molar-refractivity contribution in [1.29, 1.82) is 0 Å². The van der Waals surface area contributed by atoms with Gasteiger partial charge in [0, 0.05) is 17.5 Å². The van der Waals surface area contributed by atoms with Crippen molar-refractivity contribution < 1.29 is 8.78 Å². The molecule has 0 amide bonds. The summed E-state index contributed by atoms with van der Waals surface area (Å²) in [5.74, 6) is 0. The van der Waals surface area contributed by atoms with Crippen LogP contribution in [0.15, 0.2) is 35.7 Å². The number of nitrogens with zero attached hydrogens (tertiary/aromatic N) is 3. The molecule has 0 saturated carbocycles. The summed E-state index contributed by atoms with van der Waals surface area (Å²) in [4.78, 5) is 3.73. The molecule has 0 N–H and O–H groups in total. The zero-order valence-corrected chi connectivity index (χ0v) is 14.8. The van der Waals surface area contributed by atoms with E-state index in [9.17, 15) is 8.78 Å². The van der Waals surface area contributed by atoms with Crippen molar-refractivity contribution in [2.75, 3.05) is 6.54 Å². The second kappa shape index (κ2) is 6.06. The Kier molecular flexibility index (Phi) is 4.02. The van der Waals surface area contributed by atoms with Crippen LogP contribution < -0.4 is 0 Å². The number of para-hydroxylation sites is 2. The molecule has 2 aromatic heterocycles. The lowest BCUT2D eigenvalue weighted by molar-refractivity contribution is 0.0709. The van der Waals surface area contributed by atoms with Gasteiger partial charge >= 0.3 is 6.55 Å². The van der Waals surface area contributed by atoms with Gasteiger partial charge in [0.15, 0.2) is 4.77 Å². The Labute approximate surface area is 147 Å². The first kappa shape index (κ1) is 15.9. The number of hydrogen-bond donors (Lipinski definition) is 0. The minimum Gasteiger partial charge on any atom is -0.303 e. The average molecular weight is 365 g/mol. The Bertz CT molecular complexity index is 941. The van der Waals surface area contributed by atoms with Crippen LogP contribution in [0.2, 0.25) is 0 Å². The number of imidazole rings is 1. The Morgan fingerprint density at radius 2 is 2.00 bits per heavy atom. The highest BCUT2D eigenvalue weighted by Gasteiger charge is 2.26. The van der Waals surface area contributed by atoms with Crippen molar-refractivity contribution in [3.8, 4) is 0 Å². The number of thiophene rings is 1. The first-order chi connectivity index (χ1) is 11.6. The van der Waals surface area contributed by atoms with Crippen LogP contribution in [0.4, 0.5) is 8.78 Å². The zero-order valence-electron chi connectivity index (χ0n) is 13.2. The van der Waals surface area contributed by atoms with Gasteiger partial charge in [-0.05, 0) is 54.7 Å². The van der Waals surface area contributed by atoms with Crippen LogP contribution in [0, 0.1) is 4.77 Å². The van der Waals surface area contributed by atoms with Crippen molar-refractivity contribution in [2.24, 2.45) is 0 Å². The van der Waals surface area contributed by atoms with Gasteiger partial charge in [0.1, 0.15) is 0 Å². The van der Waals surface area contributed by atoms with Crippen molar-refractivity contribution in [2.45, 2.75) is 32.6 Å². The van der Waals surface area contributed by atoms with E-state index in [0.29, 0.717) is 12.2 Å². The molecule has 0 radical (unpaired) electrons. The highest BCUT2D eigenvalue weighted by Crippen LogP contribution is 2.34. The molecule has 3 aromatic rings. The predicted octanol–water partition coefficient (Wildman–Crippen LogP) is 5.21. The summed E-state index contributed by atoms with van der Waals surface area (Å²) < 4.78 is 29.8. The van der Waals surface area contributed by atoms with Gasteiger partial charge < -0.3 is 4.57 Å². The van der Waals surface area contributed by atoms with E-state index >= 15 is 0 Å². The molecular weight excluding hydrogens is 348 g/mol. The Morgan fingerprint density at radius 3 is 2.75 bits per heavy atom. The number of alkyl halides is 2. The number of hydrogen-bond acceptors (Lipinski definition) is 3. The van der Waals surface area contributed by atoms with Crippen LogP contribution in [0.1, 0.15) is 30.0 Å². The van der Waals surface area contributed by atoms with Gasteiger partial charge in [0.05, 0.1) is 17.7 Å². The molecule has 1 atom stereocenters. The number of benzene rings is 1.